The summed E-state index contributed by atoms with van der Waals surface area (Å²) in [5.74, 6) is 1.21. The average molecular weight is 239 g/mol. The lowest BCUT2D eigenvalue weighted by atomic mass is 9.90. The molecule has 0 amide bonds. The number of piperidine rings is 1. The van der Waals surface area contributed by atoms with Crippen LogP contribution in [-0.2, 0) is 0 Å². The second-order valence-corrected chi connectivity index (χ2v) is 5.28. The molecule has 18 heavy (non-hydrogen) atoms. The minimum Gasteiger partial charge on any atom is -0.369 e. The monoisotopic (exact) mass is 239 g/mol. The molecule has 1 aromatic rings. The molecule has 1 aliphatic rings. The number of nitriles is 2. The predicted molar refractivity (Wildman–Crippen MR) is 71.0 cm³/mol. The van der Waals surface area contributed by atoms with Crippen LogP contribution in [0.5, 0.6) is 0 Å². The Bertz CT molecular complexity index is 479. The SMILES string of the molecule is CC1CC(C)CN(c2c(C#N)cccc2C#N)C1. The first-order valence-corrected chi connectivity index (χ1v) is 6.33. The maximum Gasteiger partial charge on any atom is 0.101 e. The van der Waals surface area contributed by atoms with Gasteiger partial charge in [0.15, 0.2) is 0 Å². The first-order valence-electron chi connectivity index (χ1n) is 6.33. The number of hydrogen-bond acceptors (Lipinski definition) is 3. The topological polar surface area (TPSA) is 50.8 Å². The highest BCUT2D eigenvalue weighted by molar-refractivity contribution is 5.68. The van der Waals surface area contributed by atoms with Crippen molar-refractivity contribution in [1.29, 1.82) is 10.5 Å². The Balaban J connectivity index is 2.44. The van der Waals surface area contributed by atoms with Crippen LogP contribution in [0.3, 0.4) is 0 Å². The molecule has 1 aliphatic heterocycles. The summed E-state index contributed by atoms with van der Waals surface area (Å²) >= 11 is 0. The number of rotatable bonds is 1. The molecule has 1 heterocycles. The van der Waals surface area contributed by atoms with Gasteiger partial charge >= 0.3 is 0 Å². The van der Waals surface area contributed by atoms with Gasteiger partial charge in [-0.3, -0.25) is 0 Å². The van der Waals surface area contributed by atoms with Gasteiger partial charge in [0.1, 0.15) is 12.1 Å². The Kier molecular flexibility index (Phi) is 3.53. The molecule has 0 aliphatic carbocycles. The Morgan fingerprint density at radius 2 is 1.56 bits per heavy atom. The molecule has 0 spiro atoms. The van der Waals surface area contributed by atoms with Crippen molar-refractivity contribution >= 4 is 5.69 Å². The van der Waals surface area contributed by atoms with E-state index in [1.165, 1.54) is 6.42 Å². The third-order valence-corrected chi connectivity index (χ3v) is 3.46. The van der Waals surface area contributed by atoms with Gasteiger partial charge in [0.2, 0.25) is 0 Å². The maximum atomic E-state index is 9.21. The van der Waals surface area contributed by atoms with Gasteiger partial charge in [0.25, 0.3) is 0 Å². The van der Waals surface area contributed by atoms with E-state index >= 15 is 0 Å². The van der Waals surface area contributed by atoms with Gasteiger partial charge in [-0.1, -0.05) is 19.9 Å². The normalized spacial score (nSPS) is 23.2. The molecule has 0 bridgehead atoms. The third-order valence-electron chi connectivity index (χ3n) is 3.46. The number of nitrogens with zero attached hydrogens (tertiary/aromatic N) is 3. The molecule has 92 valence electrons. The van der Waals surface area contributed by atoms with E-state index in [-0.39, 0.29) is 0 Å². The Labute approximate surface area is 108 Å². The van der Waals surface area contributed by atoms with Gasteiger partial charge < -0.3 is 4.90 Å². The van der Waals surface area contributed by atoms with E-state index in [1.54, 1.807) is 18.2 Å². The Hall–Kier alpha value is -2.00. The molecular weight excluding hydrogens is 222 g/mol. The Morgan fingerprint density at radius 1 is 1.06 bits per heavy atom. The quantitative estimate of drug-likeness (QED) is 0.757. The molecular formula is C15H17N3. The minimum absolute atomic E-state index is 0.604. The van der Waals surface area contributed by atoms with Crippen LogP contribution in [-0.4, -0.2) is 13.1 Å². The van der Waals surface area contributed by atoms with Gasteiger partial charge in [-0.15, -0.1) is 0 Å². The summed E-state index contributed by atoms with van der Waals surface area (Å²) < 4.78 is 0. The summed E-state index contributed by atoms with van der Waals surface area (Å²) in [6.45, 7) is 6.31. The van der Waals surface area contributed by atoms with E-state index < -0.39 is 0 Å². The van der Waals surface area contributed by atoms with Crippen LogP contribution in [0.1, 0.15) is 31.4 Å². The molecule has 3 heteroatoms. The Morgan fingerprint density at radius 3 is 2.00 bits per heavy atom. The standard InChI is InChI=1S/C15H17N3/c1-11-6-12(2)10-18(9-11)15-13(7-16)4-3-5-14(15)8-17/h3-5,11-12H,6,9-10H2,1-2H3. The van der Waals surface area contributed by atoms with Crippen LogP contribution in [0.15, 0.2) is 18.2 Å². The van der Waals surface area contributed by atoms with Crippen molar-refractivity contribution in [2.75, 3.05) is 18.0 Å². The van der Waals surface area contributed by atoms with E-state index in [2.05, 4.69) is 30.9 Å². The molecule has 0 radical (unpaired) electrons. The van der Waals surface area contributed by atoms with Crippen molar-refractivity contribution in [3.8, 4) is 12.1 Å². The van der Waals surface area contributed by atoms with Gasteiger partial charge in [-0.05, 0) is 30.4 Å². The van der Waals surface area contributed by atoms with Crippen molar-refractivity contribution in [1.82, 2.24) is 0 Å². The highest BCUT2D eigenvalue weighted by atomic mass is 15.1. The first kappa shape index (κ1) is 12.5. The number of benzene rings is 1. The second kappa shape index (κ2) is 5.10. The van der Waals surface area contributed by atoms with E-state index in [0.29, 0.717) is 23.0 Å². The van der Waals surface area contributed by atoms with Crippen LogP contribution in [0.25, 0.3) is 0 Å². The number of para-hydroxylation sites is 1. The summed E-state index contributed by atoms with van der Waals surface area (Å²) in [5, 5.41) is 18.4. The fraction of sp³-hybridized carbons (Fsp3) is 0.467. The van der Waals surface area contributed by atoms with Crippen LogP contribution in [0.2, 0.25) is 0 Å². The third kappa shape index (κ3) is 2.31. The van der Waals surface area contributed by atoms with Crippen LogP contribution >= 0.6 is 0 Å². The molecule has 0 saturated carbocycles. The molecule has 1 aromatic carbocycles. The largest absolute Gasteiger partial charge is 0.369 e. The van der Waals surface area contributed by atoms with Gasteiger partial charge in [0, 0.05) is 13.1 Å². The zero-order valence-corrected chi connectivity index (χ0v) is 10.8. The smallest absolute Gasteiger partial charge is 0.101 e. The molecule has 3 nitrogen and oxygen atoms in total. The van der Waals surface area contributed by atoms with Crippen LogP contribution in [0, 0.1) is 34.5 Å². The zero-order chi connectivity index (χ0) is 13.1. The fourth-order valence-corrected chi connectivity index (χ4v) is 2.91. The summed E-state index contributed by atoms with van der Waals surface area (Å²) in [6, 6.07) is 9.77. The lowest BCUT2D eigenvalue weighted by Gasteiger charge is -2.37. The lowest BCUT2D eigenvalue weighted by Crippen LogP contribution is -2.39. The molecule has 2 rings (SSSR count). The van der Waals surface area contributed by atoms with Crippen molar-refractivity contribution in [3.63, 3.8) is 0 Å². The number of anilines is 1. The molecule has 2 atom stereocenters. The van der Waals surface area contributed by atoms with Gasteiger partial charge in [-0.2, -0.15) is 10.5 Å². The van der Waals surface area contributed by atoms with E-state index in [9.17, 15) is 10.5 Å². The van der Waals surface area contributed by atoms with Gasteiger partial charge in [0.05, 0.1) is 16.8 Å². The first-order chi connectivity index (χ1) is 8.65. The summed E-state index contributed by atoms with van der Waals surface area (Å²) in [6.07, 6.45) is 1.22. The number of hydrogen-bond donors (Lipinski definition) is 0. The zero-order valence-electron chi connectivity index (χ0n) is 10.8. The predicted octanol–water partition coefficient (Wildman–Crippen LogP) is 2.91. The van der Waals surface area contributed by atoms with Crippen molar-refractivity contribution in [2.24, 2.45) is 11.8 Å². The summed E-state index contributed by atoms with van der Waals surface area (Å²) in [7, 11) is 0. The van der Waals surface area contributed by atoms with Crippen molar-refractivity contribution in [2.45, 2.75) is 20.3 Å². The fourth-order valence-electron chi connectivity index (χ4n) is 2.91. The maximum absolute atomic E-state index is 9.21. The minimum atomic E-state index is 0.604. The van der Waals surface area contributed by atoms with Crippen molar-refractivity contribution < 1.29 is 0 Å². The van der Waals surface area contributed by atoms with Gasteiger partial charge in [-0.25, -0.2) is 0 Å². The second-order valence-electron chi connectivity index (χ2n) is 5.28. The van der Waals surface area contributed by atoms with E-state index in [0.717, 1.165) is 18.8 Å². The molecule has 2 unspecified atom stereocenters. The van der Waals surface area contributed by atoms with Crippen LogP contribution in [0.4, 0.5) is 5.69 Å². The van der Waals surface area contributed by atoms with E-state index in [4.69, 9.17) is 0 Å². The highest BCUT2D eigenvalue weighted by Gasteiger charge is 2.25. The lowest BCUT2D eigenvalue weighted by molar-refractivity contribution is 0.356. The molecule has 1 fully saturated rings. The molecule has 1 saturated heterocycles. The summed E-state index contributed by atoms with van der Waals surface area (Å²) in [4.78, 5) is 2.20. The molecule has 0 aromatic heterocycles. The summed E-state index contributed by atoms with van der Waals surface area (Å²) in [5.41, 5.74) is 2.03. The average Bonchev–Trinajstić information content (AvgIpc) is 2.36. The van der Waals surface area contributed by atoms with E-state index in [1.807, 2.05) is 0 Å². The van der Waals surface area contributed by atoms with Crippen molar-refractivity contribution in [3.05, 3.63) is 29.3 Å². The highest BCUT2D eigenvalue weighted by Crippen LogP contribution is 2.31. The molecule has 0 N–H and O–H groups in total. The van der Waals surface area contributed by atoms with Crippen LogP contribution < -0.4 is 4.90 Å².